The van der Waals surface area contributed by atoms with Crippen molar-refractivity contribution in [1.82, 2.24) is 10.4 Å². The summed E-state index contributed by atoms with van der Waals surface area (Å²) < 4.78 is 10.7. The van der Waals surface area contributed by atoms with E-state index in [1.54, 1.807) is 25.8 Å². The summed E-state index contributed by atoms with van der Waals surface area (Å²) in [6, 6.07) is 3.72. The summed E-state index contributed by atoms with van der Waals surface area (Å²) in [7, 11) is 3.18. The van der Waals surface area contributed by atoms with Gasteiger partial charge in [0, 0.05) is 37.4 Å². The molecule has 0 saturated carbocycles. The Morgan fingerprint density at radius 2 is 1.72 bits per heavy atom. The number of carbonyl (C=O) groups excluding carboxylic acids is 3. The van der Waals surface area contributed by atoms with Crippen molar-refractivity contribution in [1.29, 1.82) is 0 Å². The number of nitrogens with one attached hydrogen (secondary N) is 1. The molecule has 1 heterocycles. The number of ketones is 1. The first kappa shape index (κ1) is 24.0. The van der Waals surface area contributed by atoms with E-state index in [4.69, 9.17) is 14.7 Å². The normalized spacial score (nSPS) is 18.4. The van der Waals surface area contributed by atoms with Crippen molar-refractivity contribution in [3.63, 3.8) is 0 Å². The summed E-state index contributed by atoms with van der Waals surface area (Å²) in [6.45, 7) is 1.48. The number of methoxy groups -OCH3 is 2. The molecular weight excluding hydrogens is 412 g/mol. The lowest BCUT2D eigenvalue weighted by Crippen LogP contribution is -2.39. The van der Waals surface area contributed by atoms with Crippen LogP contribution in [0.5, 0.6) is 11.5 Å². The van der Waals surface area contributed by atoms with Crippen LogP contribution in [0.1, 0.15) is 67.3 Å². The van der Waals surface area contributed by atoms with Crippen molar-refractivity contribution < 1.29 is 29.1 Å². The first-order chi connectivity index (χ1) is 15.5. The molecule has 0 bridgehead atoms. The van der Waals surface area contributed by atoms with Gasteiger partial charge in [0.05, 0.1) is 14.2 Å². The monoisotopic (exact) mass is 446 g/mol. The molecule has 0 spiro atoms. The molecule has 2 aliphatic rings. The Labute approximate surface area is 189 Å². The Hall–Kier alpha value is -2.61. The molecule has 1 unspecified atom stereocenters. The van der Waals surface area contributed by atoms with E-state index < -0.39 is 0 Å². The zero-order valence-corrected chi connectivity index (χ0v) is 19.0. The van der Waals surface area contributed by atoms with Gasteiger partial charge in [-0.25, -0.2) is 5.48 Å². The minimum atomic E-state index is -0.388. The molecule has 1 aliphatic carbocycles. The number of ether oxygens (including phenoxy) is 2. The number of rotatable bonds is 10. The molecule has 3 rings (SSSR count). The zero-order valence-electron chi connectivity index (χ0n) is 19.0. The maximum Gasteiger partial charge on any atom is 0.243 e. The number of unbranched alkanes of at least 4 members (excludes halogenated alkanes) is 2. The first-order valence-corrected chi connectivity index (χ1v) is 11.5. The van der Waals surface area contributed by atoms with Crippen LogP contribution in [0.15, 0.2) is 12.1 Å². The number of hydrogen-bond acceptors (Lipinski definition) is 6. The first-order valence-electron chi connectivity index (χ1n) is 11.5. The highest BCUT2D eigenvalue weighted by Gasteiger charge is 2.34. The predicted octanol–water partition coefficient (Wildman–Crippen LogP) is 3.14. The van der Waals surface area contributed by atoms with Gasteiger partial charge in [-0.1, -0.05) is 6.42 Å². The molecule has 8 nitrogen and oxygen atoms in total. The molecule has 8 heteroatoms. The second kappa shape index (κ2) is 11.3. The van der Waals surface area contributed by atoms with Crippen LogP contribution in [0, 0.1) is 11.8 Å². The number of nitrogens with zero attached hydrogens (tertiary/aromatic N) is 1. The van der Waals surface area contributed by atoms with Crippen molar-refractivity contribution in [2.24, 2.45) is 11.8 Å². The van der Waals surface area contributed by atoms with Gasteiger partial charge in [0.15, 0.2) is 17.3 Å². The number of fused-ring (bicyclic) bond motifs is 1. The number of Topliss-reactive ketones (excluding diaryl/α,β-unsaturated/α-hetero) is 1. The van der Waals surface area contributed by atoms with E-state index in [1.807, 2.05) is 11.0 Å². The van der Waals surface area contributed by atoms with Crippen LogP contribution in [0.3, 0.4) is 0 Å². The Kier molecular flexibility index (Phi) is 8.50. The molecule has 1 aliphatic heterocycles. The van der Waals surface area contributed by atoms with E-state index >= 15 is 0 Å². The molecule has 1 atom stereocenters. The van der Waals surface area contributed by atoms with Crippen molar-refractivity contribution in [3.05, 3.63) is 23.3 Å². The van der Waals surface area contributed by atoms with Crippen LogP contribution in [0.2, 0.25) is 0 Å². The maximum atomic E-state index is 12.9. The maximum absolute atomic E-state index is 12.9. The number of benzene rings is 1. The van der Waals surface area contributed by atoms with Gasteiger partial charge >= 0.3 is 0 Å². The largest absolute Gasteiger partial charge is 0.493 e. The number of hydroxylamine groups is 1. The van der Waals surface area contributed by atoms with Gasteiger partial charge < -0.3 is 14.4 Å². The molecule has 32 heavy (non-hydrogen) atoms. The molecule has 1 saturated heterocycles. The van der Waals surface area contributed by atoms with Crippen molar-refractivity contribution in [2.45, 2.75) is 57.8 Å². The number of hydrogen-bond donors (Lipinski definition) is 2. The van der Waals surface area contributed by atoms with E-state index in [1.165, 1.54) is 0 Å². The predicted molar refractivity (Wildman–Crippen MR) is 118 cm³/mol. The van der Waals surface area contributed by atoms with Gasteiger partial charge in [-0.05, 0) is 62.1 Å². The average molecular weight is 447 g/mol. The van der Waals surface area contributed by atoms with Crippen molar-refractivity contribution in [2.75, 3.05) is 27.3 Å². The van der Waals surface area contributed by atoms with Crippen LogP contribution < -0.4 is 15.0 Å². The van der Waals surface area contributed by atoms with Crippen LogP contribution in [-0.4, -0.2) is 55.0 Å². The fourth-order valence-corrected chi connectivity index (χ4v) is 4.86. The summed E-state index contributed by atoms with van der Waals surface area (Å²) >= 11 is 0. The molecule has 176 valence electrons. The third-order valence-electron chi connectivity index (χ3n) is 6.72. The molecule has 2 amide bonds. The molecule has 2 N–H and O–H groups in total. The molecule has 1 aromatic carbocycles. The lowest BCUT2D eigenvalue weighted by Gasteiger charge is -2.33. The fraction of sp³-hybridized carbons (Fsp3) is 0.625. The second-order valence-corrected chi connectivity index (χ2v) is 8.79. The summed E-state index contributed by atoms with van der Waals surface area (Å²) in [5.74, 6) is 1.65. The summed E-state index contributed by atoms with van der Waals surface area (Å²) in [4.78, 5) is 38.3. The Morgan fingerprint density at radius 3 is 2.38 bits per heavy atom. The summed E-state index contributed by atoms with van der Waals surface area (Å²) in [5, 5.41) is 8.47. The van der Waals surface area contributed by atoms with Crippen LogP contribution >= 0.6 is 0 Å². The van der Waals surface area contributed by atoms with Crippen LogP contribution in [0.4, 0.5) is 0 Å². The molecule has 0 aromatic heterocycles. The topological polar surface area (TPSA) is 105 Å². The highest BCUT2D eigenvalue weighted by molar-refractivity contribution is 6.02. The number of carbonyl (C=O) groups is 3. The van der Waals surface area contributed by atoms with E-state index in [9.17, 15) is 14.4 Å². The van der Waals surface area contributed by atoms with Gasteiger partial charge in [0.1, 0.15) is 0 Å². The summed E-state index contributed by atoms with van der Waals surface area (Å²) in [6.07, 6.45) is 6.41. The molecule has 1 fully saturated rings. The lowest BCUT2D eigenvalue weighted by molar-refractivity contribution is -0.132. The zero-order chi connectivity index (χ0) is 23.1. The Balaban J connectivity index is 1.42. The molecule has 0 radical (unpaired) electrons. The fourth-order valence-electron chi connectivity index (χ4n) is 4.86. The van der Waals surface area contributed by atoms with Crippen LogP contribution in [0.25, 0.3) is 0 Å². The van der Waals surface area contributed by atoms with Gasteiger partial charge in [-0.3, -0.25) is 19.6 Å². The highest BCUT2D eigenvalue weighted by Crippen LogP contribution is 2.39. The lowest BCUT2D eigenvalue weighted by atomic mass is 9.85. The Morgan fingerprint density at radius 1 is 1.06 bits per heavy atom. The number of likely N-dealkylation sites (tertiary alicyclic amines) is 1. The SMILES string of the molecule is COc1cc2c(cc1OC)C(=O)C(CC1CCN(C(=O)CCCCCC(=O)NO)CC1)C2. The van der Waals surface area contributed by atoms with E-state index in [0.29, 0.717) is 30.3 Å². The number of piperidine rings is 1. The van der Waals surface area contributed by atoms with Gasteiger partial charge in [-0.2, -0.15) is 0 Å². The van der Waals surface area contributed by atoms with Crippen molar-refractivity contribution in [3.8, 4) is 11.5 Å². The minimum absolute atomic E-state index is 0.00909. The van der Waals surface area contributed by atoms with Gasteiger partial charge in [0.25, 0.3) is 0 Å². The molecular formula is C24H34N2O6. The van der Waals surface area contributed by atoms with Gasteiger partial charge in [-0.15, -0.1) is 0 Å². The third-order valence-corrected chi connectivity index (χ3v) is 6.72. The second-order valence-electron chi connectivity index (χ2n) is 8.79. The van der Waals surface area contributed by atoms with Crippen molar-refractivity contribution >= 4 is 17.6 Å². The quantitative estimate of drug-likeness (QED) is 0.325. The minimum Gasteiger partial charge on any atom is -0.493 e. The van der Waals surface area contributed by atoms with E-state index in [-0.39, 0.29) is 29.9 Å². The van der Waals surface area contributed by atoms with Gasteiger partial charge in [0.2, 0.25) is 11.8 Å². The third kappa shape index (κ3) is 5.79. The standard InChI is InChI=1S/C24H34N2O6/c1-31-20-14-17-13-18(24(29)19(17)15-21(20)32-2)12-16-8-10-26(11-9-16)23(28)7-5-3-4-6-22(27)25-30/h14-16,18,30H,3-13H2,1-2H3,(H,25,27). The summed E-state index contributed by atoms with van der Waals surface area (Å²) in [5.41, 5.74) is 3.39. The van der Waals surface area contributed by atoms with Crippen LogP contribution in [-0.2, 0) is 16.0 Å². The molecule has 1 aromatic rings. The smallest absolute Gasteiger partial charge is 0.243 e. The Bertz CT molecular complexity index is 832. The van der Waals surface area contributed by atoms with E-state index in [0.717, 1.165) is 62.7 Å². The highest BCUT2D eigenvalue weighted by atomic mass is 16.5. The average Bonchev–Trinajstić information content (AvgIpc) is 3.12. The number of amides is 2. The van der Waals surface area contributed by atoms with E-state index in [2.05, 4.69) is 0 Å².